The Balaban J connectivity index is 0. The quantitative estimate of drug-likeness (QED) is 0.480. The van der Waals surface area contributed by atoms with E-state index >= 15 is 0 Å². The molecule has 1 aliphatic heterocycles. The maximum Gasteiger partial charge on any atom is 1.00 e. The van der Waals surface area contributed by atoms with Crippen LogP contribution in [0.4, 0.5) is 0 Å². The predicted molar refractivity (Wildman–Crippen MR) is 78.0 cm³/mol. The smallest absolute Gasteiger partial charge is 0.550 e. The summed E-state index contributed by atoms with van der Waals surface area (Å²) < 4.78 is 0. The zero-order valence-corrected chi connectivity index (χ0v) is 16.0. The van der Waals surface area contributed by atoms with Gasteiger partial charge in [-0.1, -0.05) is 64.2 Å². The van der Waals surface area contributed by atoms with Crippen molar-refractivity contribution in [2.45, 2.75) is 84.0 Å². The van der Waals surface area contributed by atoms with Crippen molar-refractivity contribution >= 4 is 5.97 Å². The number of hydrogen-bond acceptors (Lipinski definition) is 4. The minimum absolute atomic E-state index is 0. The zero-order chi connectivity index (χ0) is 14.9. The van der Waals surface area contributed by atoms with E-state index in [4.69, 9.17) is 19.7 Å². The van der Waals surface area contributed by atoms with E-state index < -0.39 is 5.97 Å². The van der Waals surface area contributed by atoms with Crippen LogP contribution in [0.2, 0.25) is 0 Å². The fourth-order valence-corrected chi connectivity index (χ4v) is 2.21. The molecule has 0 amide bonds. The van der Waals surface area contributed by atoms with E-state index in [9.17, 15) is 0 Å². The number of carboxylic acid groups (broad SMARTS) is 1. The average Bonchev–Trinajstić information content (AvgIpc) is 2.38. The van der Waals surface area contributed by atoms with Gasteiger partial charge in [0.2, 0.25) is 0 Å². The Bertz CT molecular complexity index is 144. The van der Waals surface area contributed by atoms with Gasteiger partial charge in [0.25, 0.3) is 0 Å². The molecule has 0 N–H and O–H groups in total. The molecule has 1 heterocycles. The Kier molecular flexibility index (Phi) is 23.0. The molecule has 1 fully saturated rings. The Labute approximate surface area is 152 Å². The molecule has 0 bridgehead atoms. The van der Waals surface area contributed by atoms with Gasteiger partial charge in [-0.3, -0.25) is 0 Å². The molecule has 0 unspecified atom stereocenters. The van der Waals surface area contributed by atoms with Gasteiger partial charge in [0.05, 0.1) is 13.2 Å². The second kappa shape index (κ2) is 20.4. The van der Waals surface area contributed by atoms with Crippen molar-refractivity contribution in [1.82, 2.24) is 0 Å². The van der Waals surface area contributed by atoms with Gasteiger partial charge in [-0.05, 0) is 19.8 Å². The van der Waals surface area contributed by atoms with Crippen LogP contribution >= 0.6 is 0 Å². The van der Waals surface area contributed by atoms with Crippen LogP contribution < -0.4 is 34.7 Å². The molecule has 0 atom stereocenters. The fraction of sp³-hybridized carbons (Fsp3) is 0.938. The van der Waals surface area contributed by atoms with Crippen LogP contribution in [0.3, 0.4) is 0 Å². The molecule has 21 heavy (non-hydrogen) atoms. The second-order valence-electron chi connectivity index (χ2n) is 5.38. The number of carbonyl (C=O) groups is 1. The summed E-state index contributed by atoms with van der Waals surface area (Å²) in [6.45, 7) is 2.53. The number of hydrogen-bond donors (Lipinski definition) is 0. The van der Waals surface area contributed by atoms with Crippen molar-refractivity contribution in [2.75, 3.05) is 13.2 Å². The molecule has 1 rings (SSSR count). The number of carbonyl (C=O) groups excluding carboxylic acids is 1. The topological polar surface area (TPSA) is 58.6 Å². The van der Waals surface area contributed by atoms with Gasteiger partial charge in [0, 0.05) is 5.97 Å². The number of carboxylic acids is 1. The molecule has 0 aromatic heterocycles. The second-order valence-corrected chi connectivity index (χ2v) is 5.38. The number of rotatable bonds is 0. The maximum absolute atomic E-state index is 8.89. The SMILES string of the molecule is C1CCCCCCCOOCCCCCC1.CC(=O)[O-].[Na+]. The molecule has 0 spiro atoms. The third-order valence-corrected chi connectivity index (χ3v) is 3.29. The molecule has 1 saturated heterocycles. The van der Waals surface area contributed by atoms with Crippen LogP contribution in [0, 0.1) is 0 Å². The minimum atomic E-state index is -1.08. The summed E-state index contributed by atoms with van der Waals surface area (Å²) in [5.74, 6) is -1.08. The maximum atomic E-state index is 8.89. The molecular formula is C16H31NaO4. The van der Waals surface area contributed by atoms with Crippen molar-refractivity contribution in [1.29, 1.82) is 0 Å². The molecule has 4 nitrogen and oxygen atoms in total. The van der Waals surface area contributed by atoms with Gasteiger partial charge in [0.15, 0.2) is 0 Å². The van der Waals surface area contributed by atoms with Crippen LogP contribution in [0.1, 0.15) is 84.0 Å². The molecular weight excluding hydrogens is 279 g/mol. The molecule has 0 radical (unpaired) electrons. The molecule has 0 aliphatic carbocycles. The van der Waals surface area contributed by atoms with Crippen molar-refractivity contribution in [2.24, 2.45) is 0 Å². The van der Waals surface area contributed by atoms with Crippen molar-refractivity contribution in [3.63, 3.8) is 0 Å². The summed E-state index contributed by atoms with van der Waals surface area (Å²) in [5, 5.41) is 8.89. The van der Waals surface area contributed by atoms with E-state index in [0.29, 0.717) is 0 Å². The Morgan fingerprint density at radius 3 is 1.10 bits per heavy atom. The number of aliphatic carboxylic acids is 1. The summed E-state index contributed by atoms with van der Waals surface area (Å²) in [7, 11) is 0. The molecule has 0 aromatic carbocycles. The first-order chi connectivity index (χ1) is 9.73. The van der Waals surface area contributed by atoms with Gasteiger partial charge in [0.1, 0.15) is 0 Å². The van der Waals surface area contributed by atoms with Crippen LogP contribution in [0.25, 0.3) is 0 Å². The third-order valence-electron chi connectivity index (χ3n) is 3.29. The molecule has 1 aliphatic rings. The Morgan fingerprint density at radius 1 is 0.667 bits per heavy atom. The van der Waals surface area contributed by atoms with Crippen molar-refractivity contribution < 1.29 is 49.2 Å². The largest absolute Gasteiger partial charge is 1.00 e. The van der Waals surface area contributed by atoms with Gasteiger partial charge in [-0.15, -0.1) is 0 Å². The van der Waals surface area contributed by atoms with E-state index in [2.05, 4.69) is 0 Å². The predicted octanol–water partition coefficient (Wildman–Crippen LogP) is 0.390. The van der Waals surface area contributed by atoms with Crippen LogP contribution in [0.15, 0.2) is 0 Å². The zero-order valence-electron chi connectivity index (χ0n) is 14.0. The van der Waals surface area contributed by atoms with Gasteiger partial charge >= 0.3 is 29.6 Å². The Morgan fingerprint density at radius 2 is 0.857 bits per heavy atom. The third kappa shape index (κ3) is 25.7. The van der Waals surface area contributed by atoms with E-state index in [1.807, 2.05) is 0 Å². The van der Waals surface area contributed by atoms with E-state index in [1.165, 1.54) is 64.2 Å². The first-order valence-electron chi connectivity index (χ1n) is 8.15. The van der Waals surface area contributed by atoms with Crippen LogP contribution in [0.5, 0.6) is 0 Å². The van der Waals surface area contributed by atoms with E-state index in [0.717, 1.165) is 33.0 Å². The average molecular weight is 310 g/mol. The van der Waals surface area contributed by atoms with Crippen molar-refractivity contribution in [3.05, 3.63) is 0 Å². The van der Waals surface area contributed by atoms with E-state index in [1.54, 1.807) is 0 Å². The van der Waals surface area contributed by atoms with Crippen LogP contribution in [-0.4, -0.2) is 19.2 Å². The minimum Gasteiger partial charge on any atom is -0.550 e. The summed E-state index contributed by atoms with van der Waals surface area (Å²) in [5.41, 5.74) is 0. The first kappa shape index (κ1) is 23.7. The molecule has 0 aromatic rings. The van der Waals surface area contributed by atoms with Crippen molar-refractivity contribution in [3.8, 4) is 0 Å². The monoisotopic (exact) mass is 310 g/mol. The van der Waals surface area contributed by atoms with Gasteiger partial charge < -0.3 is 9.90 Å². The summed E-state index contributed by atoms with van der Waals surface area (Å²) in [6, 6.07) is 0. The molecule has 120 valence electrons. The summed E-state index contributed by atoms with van der Waals surface area (Å²) in [6.07, 6.45) is 16.2. The van der Waals surface area contributed by atoms with Gasteiger partial charge in [-0.2, -0.15) is 0 Å². The van der Waals surface area contributed by atoms with Crippen LogP contribution in [-0.2, 0) is 14.6 Å². The fourth-order valence-electron chi connectivity index (χ4n) is 2.21. The Hall–Kier alpha value is 0.390. The van der Waals surface area contributed by atoms with Gasteiger partial charge in [-0.25, -0.2) is 9.78 Å². The van der Waals surface area contributed by atoms with E-state index in [-0.39, 0.29) is 29.6 Å². The molecule has 5 heteroatoms. The summed E-state index contributed by atoms with van der Waals surface area (Å²) in [4.78, 5) is 19.2. The summed E-state index contributed by atoms with van der Waals surface area (Å²) >= 11 is 0. The molecule has 0 saturated carbocycles. The first-order valence-corrected chi connectivity index (χ1v) is 8.15. The standard InChI is InChI=1S/C14H28O2.C2H4O2.Na/c1-2-4-6-8-10-12-14-16-15-13-11-9-7-5-3-1;1-2(3)4;/h1-14H2;1H3,(H,3,4);/q;;+1/p-1. The normalized spacial score (nSPS) is 19.5.